The van der Waals surface area contributed by atoms with Crippen LogP contribution >= 0.6 is 15.9 Å². The lowest BCUT2D eigenvalue weighted by molar-refractivity contribution is 0.0984. The first-order valence-corrected chi connectivity index (χ1v) is 7.92. The number of hydrogen-bond donors (Lipinski definition) is 1. The molecule has 3 aromatic rings. The lowest BCUT2D eigenvalue weighted by Gasteiger charge is -2.34. The van der Waals surface area contributed by atoms with Gasteiger partial charge in [-0.2, -0.15) is 5.10 Å². The molecule has 0 bridgehead atoms. The molecule has 8 heteroatoms. The third-order valence-corrected chi connectivity index (χ3v) is 4.48. The van der Waals surface area contributed by atoms with Crippen LogP contribution in [0.2, 0.25) is 0 Å². The monoisotopic (exact) mass is 362 g/mol. The molecule has 1 aliphatic rings. The zero-order valence-corrected chi connectivity index (χ0v) is 13.6. The smallest absolute Gasteiger partial charge is 0.179 e. The summed E-state index contributed by atoms with van der Waals surface area (Å²) in [6.07, 6.45) is 3.51. The number of H-pyrrole nitrogens is 1. The standard InChI is InChI=1S/C14H15BrN6O/c1-9-8-22-5-4-20(9)13-6-10(15)12-7-16-14(21(12)19-13)11-2-3-17-18-11/h2-3,6-7,9H,4-5,8H2,1H3,(H,17,18)/t9-/m1/s1. The van der Waals surface area contributed by atoms with E-state index >= 15 is 0 Å². The Bertz CT molecular complexity index is 799. The SMILES string of the molecule is C[C@@H]1COCCN1c1cc(Br)c2cnc(-c3ccn[nH]3)n2n1. The molecular weight excluding hydrogens is 348 g/mol. The average Bonchev–Trinajstić information content (AvgIpc) is 3.16. The minimum Gasteiger partial charge on any atom is -0.377 e. The molecule has 1 aliphatic heterocycles. The highest BCUT2D eigenvalue weighted by Crippen LogP contribution is 2.27. The molecule has 1 saturated heterocycles. The predicted octanol–water partition coefficient (Wildman–Crippen LogP) is 2.11. The van der Waals surface area contributed by atoms with Gasteiger partial charge in [-0.05, 0) is 35.0 Å². The first-order chi connectivity index (χ1) is 10.7. The quantitative estimate of drug-likeness (QED) is 0.755. The third kappa shape index (κ3) is 2.19. The fourth-order valence-electron chi connectivity index (χ4n) is 2.70. The van der Waals surface area contributed by atoms with E-state index < -0.39 is 0 Å². The maximum absolute atomic E-state index is 5.51. The van der Waals surface area contributed by atoms with Crippen molar-refractivity contribution < 1.29 is 4.74 Å². The van der Waals surface area contributed by atoms with Gasteiger partial charge in [-0.15, -0.1) is 5.10 Å². The lowest BCUT2D eigenvalue weighted by atomic mass is 10.2. The van der Waals surface area contributed by atoms with E-state index in [-0.39, 0.29) is 0 Å². The Balaban J connectivity index is 1.85. The summed E-state index contributed by atoms with van der Waals surface area (Å²) in [7, 11) is 0. The molecule has 1 N–H and O–H groups in total. The molecule has 4 heterocycles. The largest absolute Gasteiger partial charge is 0.377 e. The Morgan fingerprint density at radius 1 is 1.45 bits per heavy atom. The topological polar surface area (TPSA) is 71.3 Å². The molecule has 0 spiro atoms. The van der Waals surface area contributed by atoms with Crippen LogP contribution in [0.15, 0.2) is 29.0 Å². The van der Waals surface area contributed by atoms with Crippen molar-refractivity contribution in [2.45, 2.75) is 13.0 Å². The van der Waals surface area contributed by atoms with Crippen LogP contribution in [0.5, 0.6) is 0 Å². The number of hydrogen-bond acceptors (Lipinski definition) is 5. The van der Waals surface area contributed by atoms with E-state index in [1.807, 2.05) is 16.6 Å². The molecule has 0 aromatic carbocycles. The van der Waals surface area contributed by atoms with Crippen molar-refractivity contribution in [3.8, 4) is 11.5 Å². The number of aromatic amines is 1. The predicted molar refractivity (Wildman–Crippen MR) is 85.9 cm³/mol. The zero-order valence-electron chi connectivity index (χ0n) is 12.0. The highest BCUT2D eigenvalue weighted by Gasteiger charge is 2.22. The van der Waals surface area contributed by atoms with Crippen molar-refractivity contribution in [1.82, 2.24) is 24.8 Å². The summed E-state index contributed by atoms with van der Waals surface area (Å²) in [6, 6.07) is 4.22. The van der Waals surface area contributed by atoms with Gasteiger partial charge >= 0.3 is 0 Å². The van der Waals surface area contributed by atoms with Gasteiger partial charge < -0.3 is 9.64 Å². The maximum Gasteiger partial charge on any atom is 0.179 e. The molecular formula is C14H15BrN6O. The van der Waals surface area contributed by atoms with Gasteiger partial charge in [0.1, 0.15) is 5.69 Å². The summed E-state index contributed by atoms with van der Waals surface area (Å²) in [5.41, 5.74) is 1.76. The molecule has 0 unspecified atom stereocenters. The molecule has 0 aliphatic carbocycles. The first kappa shape index (κ1) is 13.7. The second-order valence-corrected chi connectivity index (χ2v) is 6.17. The number of morpholine rings is 1. The molecule has 1 fully saturated rings. The molecule has 22 heavy (non-hydrogen) atoms. The molecule has 4 rings (SSSR count). The molecule has 0 radical (unpaired) electrons. The van der Waals surface area contributed by atoms with Crippen molar-refractivity contribution in [3.05, 3.63) is 29.0 Å². The normalized spacial score (nSPS) is 19.0. The minimum absolute atomic E-state index is 0.296. The number of anilines is 1. The van der Waals surface area contributed by atoms with E-state index in [4.69, 9.17) is 9.84 Å². The van der Waals surface area contributed by atoms with Gasteiger partial charge in [0, 0.05) is 17.2 Å². The Kier molecular flexibility index (Phi) is 3.34. The Hall–Kier alpha value is -1.93. The summed E-state index contributed by atoms with van der Waals surface area (Å²) in [4.78, 5) is 6.71. The highest BCUT2D eigenvalue weighted by molar-refractivity contribution is 9.10. The van der Waals surface area contributed by atoms with Gasteiger partial charge in [0.2, 0.25) is 0 Å². The fraction of sp³-hybridized carbons (Fsp3) is 0.357. The second kappa shape index (κ2) is 5.36. The van der Waals surface area contributed by atoms with Gasteiger partial charge in [0.15, 0.2) is 11.6 Å². The molecule has 7 nitrogen and oxygen atoms in total. The van der Waals surface area contributed by atoms with Gasteiger partial charge in [-0.1, -0.05) is 0 Å². The van der Waals surface area contributed by atoms with E-state index in [9.17, 15) is 0 Å². The fourth-order valence-corrected chi connectivity index (χ4v) is 3.18. The average molecular weight is 363 g/mol. The van der Waals surface area contributed by atoms with Crippen LogP contribution in [-0.4, -0.2) is 50.6 Å². The first-order valence-electron chi connectivity index (χ1n) is 7.12. The van der Waals surface area contributed by atoms with Crippen LogP contribution in [0.3, 0.4) is 0 Å². The summed E-state index contributed by atoms with van der Waals surface area (Å²) in [5.74, 6) is 1.66. The van der Waals surface area contributed by atoms with Gasteiger partial charge in [-0.25, -0.2) is 9.50 Å². The van der Waals surface area contributed by atoms with Crippen LogP contribution in [0.1, 0.15) is 6.92 Å². The number of halogens is 1. The molecule has 3 aromatic heterocycles. The van der Waals surface area contributed by atoms with Crippen LogP contribution < -0.4 is 4.90 Å². The van der Waals surface area contributed by atoms with Crippen molar-refractivity contribution in [2.75, 3.05) is 24.7 Å². The number of nitrogens with one attached hydrogen (secondary N) is 1. The van der Waals surface area contributed by atoms with Gasteiger partial charge in [0.05, 0.1) is 31.0 Å². The molecule has 0 saturated carbocycles. The number of imidazole rings is 1. The molecule has 1 atom stereocenters. The van der Waals surface area contributed by atoms with Gasteiger partial charge in [0.25, 0.3) is 0 Å². The molecule has 0 amide bonds. The Morgan fingerprint density at radius 2 is 2.36 bits per heavy atom. The highest BCUT2D eigenvalue weighted by atomic mass is 79.9. The summed E-state index contributed by atoms with van der Waals surface area (Å²) in [5, 5.41) is 11.7. The van der Waals surface area contributed by atoms with E-state index in [1.54, 1.807) is 12.4 Å². The number of fused-ring (bicyclic) bond motifs is 1. The number of aromatic nitrogens is 5. The van der Waals surface area contributed by atoms with Crippen molar-refractivity contribution in [2.24, 2.45) is 0 Å². The van der Waals surface area contributed by atoms with E-state index in [0.717, 1.165) is 40.5 Å². The van der Waals surface area contributed by atoms with E-state index in [2.05, 4.69) is 42.9 Å². The minimum atomic E-state index is 0.296. The van der Waals surface area contributed by atoms with Gasteiger partial charge in [-0.3, -0.25) is 5.10 Å². The zero-order chi connectivity index (χ0) is 15.1. The Morgan fingerprint density at radius 3 is 3.14 bits per heavy atom. The lowest BCUT2D eigenvalue weighted by Crippen LogP contribution is -2.44. The van der Waals surface area contributed by atoms with Crippen molar-refractivity contribution in [1.29, 1.82) is 0 Å². The second-order valence-electron chi connectivity index (χ2n) is 5.32. The molecule has 114 valence electrons. The number of nitrogens with zero attached hydrogens (tertiary/aromatic N) is 5. The van der Waals surface area contributed by atoms with Crippen molar-refractivity contribution >= 4 is 27.3 Å². The van der Waals surface area contributed by atoms with Crippen LogP contribution in [0, 0.1) is 0 Å². The summed E-state index contributed by atoms with van der Waals surface area (Å²) in [6.45, 7) is 4.41. The maximum atomic E-state index is 5.51. The number of rotatable bonds is 2. The van der Waals surface area contributed by atoms with Crippen LogP contribution in [0.4, 0.5) is 5.82 Å². The number of ether oxygens (including phenoxy) is 1. The van der Waals surface area contributed by atoms with Crippen LogP contribution in [0.25, 0.3) is 17.0 Å². The third-order valence-electron chi connectivity index (χ3n) is 3.84. The van der Waals surface area contributed by atoms with E-state index in [0.29, 0.717) is 12.6 Å². The van der Waals surface area contributed by atoms with Crippen molar-refractivity contribution in [3.63, 3.8) is 0 Å². The summed E-state index contributed by atoms with van der Waals surface area (Å²) < 4.78 is 8.31. The Labute approximate surface area is 135 Å². The van der Waals surface area contributed by atoms with E-state index in [1.165, 1.54) is 0 Å². The summed E-state index contributed by atoms with van der Waals surface area (Å²) >= 11 is 3.63. The van der Waals surface area contributed by atoms with Crippen LogP contribution in [-0.2, 0) is 4.74 Å².